The third kappa shape index (κ3) is 9.91. The smallest absolute Gasteiger partial charge is 0.453 e. The number of unbranched alkanes of at least 4 members (excludes halogenated alkanes) is 11. The molecule has 2 aromatic rings. The molecule has 0 amide bonds. The summed E-state index contributed by atoms with van der Waals surface area (Å²) >= 11 is 0. The maximum Gasteiger partial charge on any atom is 0.530 e. The molecule has 0 bridgehead atoms. The van der Waals surface area contributed by atoms with Gasteiger partial charge in [0, 0.05) is 23.9 Å². The van der Waals surface area contributed by atoms with Gasteiger partial charge in [0.2, 0.25) is 6.23 Å². The number of phosphoric ester groups is 1. The van der Waals surface area contributed by atoms with Gasteiger partial charge in [-0.1, -0.05) is 95.8 Å². The second-order valence-electron chi connectivity index (χ2n) is 11.7. The summed E-state index contributed by atoms with van der Waals surface area (Å²) in [6.45, 7) is 2.98. The van der Waals surface area contributed by atoms with E-state index in [-0.39, 0.29) is 18.8 Å². The summed E-state index contributed by atoms with van der Waals surface area (Å²) in [5, 5.41) is 0. The molecule has 2 aliphatic rings. The topological polar surface area (TPSA) is 115 Å². The quantitative estimate of drug-likeness (QED) is 0.0901. The number of carbonyl (C=O) groups excluding carboxylic acids is 1. The van der Waals surface area contributed by atoms with Crippen LogP contribution in [0.4, 0.5) is 8.78 Å². The minimum absolute atomic E-state index is 0.0458. The summed E-state index contributed by atoms with van der Waals surface area (Å²) in [5.41, 5.74) is 0.0334. The van der Waals surface area contributed by atoms with Crippen LogP contribution in [0.15, 0.2) is 41.3 Å². The first kappa shape index (κ1) is 35.2. The highest BCUT2D eigenvalue weighted by molar-refractivity contribution is 7.49. The molecule has 4 rings (SSSR count). The molecule has 0 saturated carbocycles. The number of phosphoric acid groups is 1. The predicted octanol–water partition coefficient (Wildman–Crippen LogP) is 7.82. The zero-order valence-corrected chi connectivity index (χ0v) is 27.1. The van der Waals surface area contributed by atoms with Gasteiger partial charge in [-0.15, -0.1) is 0 Å². The average Bonchev–Trinajstić information content (AvgIpc) is 3.25. The van der Waals surface area contributed by atoms with E-state index in [0.29, 0.717) is 22.2 Å². The Bertz CT molecular complexity index is 1360. The summed E-state index contributed by atoms with van der Waals surface area (Å²) in [4.78, 5) is 28.9. The first-order chi connectivity index (χ1) is 21.6. The van der Waals surface area contributed by atoms with Crippen molar-refractivity contribution in [1.82, 2.24) is 9.55 Å². The molecule has 1 fully saturated rings. The minimum atomic E-state index is -4.20. The number of halogens is 2. The van der Waals surface area contributed by atoms with E-state index in [2.05, 4.69) is 11.9 Å². The number of rotatable bonds is 18. The van der Waals surface area contributed by atoms with Gasteiger partial charge < -0.3 is 14.0 Å². The lowest BCUT2D eigenvalue weighted by molar-refractivity contribution is -0.176. The number of para-hydroxylation sites is 1. The third-order valence-electron chi connectivity index (χ3n) is 8.02. The lowest BCUT2D eigenvalue weighted by Gasteiger charge is -2.27. The molecule has 250 valence electrons. The second-order valence-corrected chi connectivity index (χ2v) is 13.3. The Hall–Kier alpha value is -2.66. The van der Waals surface area contributed by atoms with Gasteiger partial charge in [0.15, 0.2) is 6.10 Å². The number of nitrogens with zero attached hydrogens (tertiary/aromatic N) is 2. The lowest BCUT2D eigenvalue weighted by atomic mass is 10.0. The monoisotopic (exact) mass is 654 g/mol. The van der Waals surface area contributed by atoms with E-state index in [1.54, 1.807) is 31.2 Å². The number of aromatic nitrogens is 2. The van der Waals surface area contributed by atoms with Crippen molar-refractivity contribution >= 4 is 13.8 Å². The van der Waals surface area contributed by atoms with Gasteiger partial charge in [-0.25, -0.2) is 9.36 Å². The Balaban J connectivity index is 1.31. The molecular formula is C32H45F2N2O8P. The normalized spacial score (nSPS) is 23.8. The number of hydrogen-bond acceptors (Lipinski definition) is 9. The van der Waals surface area contributed by atoms with E-state index in [1.807, 2.05) is 0 Å². The zero-order chi connectivity index (χ0) is 32.3. The first-order valence-electron chi connectivity index (χ1n) is 16.1. The molecule has 2 unspecified atom stereocenters. The Morgan fingerprint density at radius 1 is 1.02 bits per heavy atom. The van der Waals surface area contributed by atoms with Crippen LogP contribution in [0.3, 0.4) is 0 Å². The predicted molar refractivity (Wildman–Crippen MR) is 163 cm³/mol. The molecule has 13 heteroatoms. The van der Waals surface area contributed by atoms with Crippen molar-refractivity contribution in [3.8, 4) is 5.75 Å². The Morgan fingerprint density at radius 3 is 2.33 bits per heavy atom. The molecule has 0 spiro atoms. The van der Waals surface area contributed by atoms with Crippen LogP contribution in [0.5, 0.6) is 5.75 Å². The first-order valence-corrected chi connectivity index (χ1v) is 17.5. The van der Waals surface area contributed by atoms with Gasteiger partial charge >= 0.3 is 25.4 Å². The van der Waals surface area contributed by atoms with Crippen molar-refractivity contribution in [1.29, 1.82) is 0 Å². The van der Waals surface area contributed by atoms with E-state index in [0.717, 1.165) is 31.9 Å². The summed E-state index contributed by atoms with van der Waals surface area (Å²) in [7, 11) is -4.20. The van der Waals surface area contributed by atoms with Crippen LogP contribution in [0, 0.1) is 6.92 Å². The molecule has 0 N–H and O–H groups in total. The Morgan fingerprint density at radius 2 is 1.67 bits per heavy atom. The van der Waals surface area contributed by atoms with Crippen LogP contribution in [0.1, 0.15) is 108 Å². The molecule has 1 saturated heterocycles. The highest BCUT2D eigenvalue weighted by Crippen LogP contribution is 2.55. The standard InChI is InChI=1S/C32H45F2N2O8P/c1-3-4-5-6-7-8-9-10-11-12-13-14-19-28(37)43-29-27(23-41-45(39)40-22-25-17-15-16-18-26(25)44-45)42-30(32(29,33)34)36-21-20-24(2)35-31(36)38/h15-18,20-21,27,29-30H,3-14,19,22-23H2,1-2H3/t27-,29?,30-,45?/m1/s1. The number of fused-ring (bicyclic) bond motifs is 1. The fraction of sp³-hybridized carbons (Fsp3) is 0.656. The van der Waals surface area contributed by atoms with Crippen molar-refractivity contribution in [3.63, 3.8) is 0 Å². The van der Waals surface area contributed by atoms with E-state index in [9.17, 15) is 14.2 Å². The number of esters is 1. The molecule has 1 aromatic heterocycles. The van der Waals surface area contributed by atoms with Crippen LogP contribution in [-0.4, -0.2) is 40.3 Å². The highest BCUT2D eigenvalue weighted by Gasteiger charge is 2.63. The number of carbonyl (C=O) groups is 1. The van der Waals surface area contributed by atoms with Crippen LogP contribution >= 0.6 is 7.82 Å². The van der Waals surface area contributed by atoms with Gasteiger partial charge in [-0.3, -0.25) is 18.4 Å². The van der Waals surface area contributed by atoms with Crippen molar-refractivity contribution in [2.75, 3.05) is 6.61 Å². The fourth-order valence-electron chi connectivity index (χ4n) is 5.47. The Kier molecular flexibility index (Phi) is 13.1. The molecule has 3 heterocycles. The molecule has 4 atom stereocenters. The maximum atomic E-state index is 15.8. The van der Waals surface area contributed by atoms with Crippen molar-refractivity contribution in [2.24, 2.45) is 0 Å². The largest absolute Gasteiger partial charge is 0.530 e. The fourth-order valence-corrected chi connectivity index (χ4v) is 6.70. The van der Waals surface area contributed by atoms with Gasteiger partial charge in [0.1, 0.15) is 11.9 Å². The van der Waals surface area contributed by atoms with Crippen molar-refractivity contribution in [2.45, 2.75) is 128 Å². The van der Waals surface area contributed by atoms with Crippen LogP contribution in [0.25, 0.3) is 0 Å². The molecule has 10 nitrogen and oxygen atoms in total. The number of alkyl halides is 2. The average molecular weight is 655 g/mol. The summed E-state index contributed by atoms with van der Waals surface area (Å²) in [6.07, 6.45) is 8.55. The lowest BCUT2D eigenvalue weighted by Crippen LogP contribution is -2.44. The number of hydrogen-bond donors (Lipinski definition) is 0. The van der Waals surface area contributed by atoms with Gasteiger partial charge in [-0.2, -0.15) is 13.8 Å². The van der Waals surface area contributed by atoms with Crippen molar-refractivity contribution < 1.29 is 41.2 Å². The Labute approximate surface area is 263 Å². The minimum Gasteiger partial charge on any atom is -0.453 e. The maximum absolute atomic E-state index is 15.8. The SMILES string of the molecule is CCCCCCCCCCCCCCC(=O)OC1[C@@H](COP2(=O)OCc3ccccc3O2)O[C@@H](n2ccc(C)nc2=O)C1(F)F. The number of benzene rings is 1. The zero-order valence-electron chi connectivity index (χ0n) is 26.2. The number of ether oxygens (including phenoxy) is 2. The van der Waals surface area contributed by atoms with Gasteiger partial charge in [0.05, 0.1) is 13.2 Å². The van der Waals surface area contributed by atoms with E-state index >= 15 is 8.78 Å². The molecule has 0 radical (unpaired) electrons. The van der Waals surface area contributed by atoms with Gasteiger partial charge in [-0.05, 0) is 25.5 Å². The molecular weight excluding hydrogens is 609 g/mol. The van der Waals surface area contributed by atoms with Crippen LogP contribution in [0.2, 0.25) is 0 Å². The van der Waals surface area contributed by atoms with E-state index < -0.39 is 50.4 Å². The molecule has 1 aromatic carbocycles. The van der Waals surface area contributed by atoms with E-state index in [4.69, 9.17) is 23.0 Å². The van der Waals surface area contributed by atoms with Crippen LogP contribution < -0.4 is 10.2 Å². The third-order valence-corrected chi connectivity index (χ3v) is 9.35. The number of aryl methyl sites for hydroxylation is 1. The molecule has 45 heavy (non-hydrogen) atoms. The van der Waals surface area contributed by atoms with Crippen molar-refractivity contribution in [3.05, 3.63) is 58.3 Å². The van der Waals surface area contributed by atoms with E-state index in [1.165, 1.54) is 51.0 Å². The summed E-state index contributed by atoms with van der Waals surface area (Å²) in [5.74, 6) is -4.37. The summed E-state index contributed by atoms with van der Waals surface area (Å²) in [6, 6.07) is 8.14. The molecule has 0 aliphatic carbocycles. The van der Waals surface area contributed by atoms with Gasteiger partial charge in [0.25, 0.3) is 0 Å². The summed E-state index contributed by atoms with van der Waals surface area (Å²) < 4.78 is 72.3. The second kappa shape index (κ2) is 16.8. The highest BCUT2D eigenvalue weighted by atomic mass is 31.2. The van der Waals surface area contributed by atoms with Crippen LogP contribution in [-0.2, 0) is 34.5 Å². The molecule has 2 aliphatic heterocycles.